The van der Waals surface area contributed by atoms with Gasteiger partial charge in [0.1, 0.15) is 10.7 Å². The van der Waals surface area contributed by atoms with Crippen LogP contribution in [0.2, 0.25) is 0 Å². The summed E-state index contributed by atoms with van der Waals surface area (Å²) in [6, 6.07) is 8.55. The van der Waals surface area contributed by atoms with Gasteiger partial charge in [-0.3, -0.25) is 19.6 Å². The van der Waals surface area contributed by atoms with Crippen molar-refractivity contribution in [2.45, 2.75) is 4.90 Å². The molecule has 1 aromatic heterocycles. The summed E-state index contributed by atoms with van der Waals surface area (Å²) in [5, 5.41) is 0. The number of aromatic nitrogens is 1. The van der Waals surface area contributed by atoms with Crippen molar-refractivity contribution in [1.82, 2.24) is 10.4 Å². The first-order chi connectivity index (χ1) is 11.3. The molecule has 1 amide bonds. The van der Waals surface area contributed by atoms with E-state index in [2.05, 4.69) is 10.4 Å². The van der Waals surface area contributed by atoms with Gasteiger partial charge in [-0.05, 0) is 18.2 Å². The molecule has 10 nitrogen and oxygen atoms in total. The number of aldehydes is 1. The van der Waals surface area contributed by atoms with Crippen LogP contribution in [0.25, 0.3) is 0 Å². The van der Waals surface area contributed by atoms with Crippen LogP contribution in [0.5, 0.6) is 0 Å². The van der Waals surface area contributed by atoms with Crippen molar-refractivity contribution in [1.29, 1.82) is 0 Å². The van der Waals surface area contributed by atoms with Crippen molar-refractivity contribution in [3.8, 4) is 0 Å². The number of hydrogen-bond donors (Lipinski definition) is 5. The second kappa shape index (κ2) is 8.69. The highest BCUT2D eigenvalue weighted by Crippen LogP contribution is 2.12. The van der Waals surface area contributed by atoms with E-state index >= 15 is 0 Å². The monoisotopic (exact) mass is 353 g/mol. The Labute approximate surface area is 137 Å². The topological polar surface area (TPSA) is 177 Å². The quantitative estimate of drug-likeness (QED) is 0.162. The smallest absolute Gasteiger partial charge is 0.295 e. The van der Waals surface area contributed by atoms with Crippen LogP contribution in [0.15, 0.2) is 47.5 Å². The summed E-state index contributed by atoms with van der Waals surface area (Å²) in [5.41, 5.74) is 4.67. The van der Waals surface area contributed by atoms with E-state index in [1.165, 1.54) is 30.5 Å². The molecule has 0 atom stereocenters. The van der Waals surface area contributed by atoms with Crippen LogP contribution in [-0.2, 0) is 10.1 Å². The maximum atomic E-state index is 10.9. The average molecular weight is 353 g/mol. The number of hydrogen-bond acceptors (Lipinski definition) is 8. The Morgan fingerprint density at radius 2 is 1.83 bits per heavy atom. The molecule has 1 heterocycles. The lowest BCUT2D eigenvalue weighted by atomic mass is 10.2. The molecule has 1 aromatic carbocycles. The molecule has 0 aliphatic heterocycles. The number of carbonyl (C=O) groups is 2. The van der Waals surface area contributed by atoms with Gasteiger partial charge in [0.25, 0.3) is 16.0 Å². The van der Waals surface area contributed by atoms with Crippen LogP contribution in [0, 0.1) is 0 Å². The Morgan fingerprint density at radius 3 is 2.25 bits per heavy atom. The molecule has 24 heavy (non-hydrogen) atoms. The molecule has 0 saturated heterocycles. The maximum Gasteiger partial charge on any atom is 0.295 e. The number of nitrogens with one attached hydrogen (secondary N) is 2. The second-order valence-corrected chi connectivity index (χ2v) is 5.57. The molecular formula is C13H15N5O5S. The summed E-state index contributed by atoms with van der Waals surface area (Å²) in [6.45, 7) is 0. The molecule has 11 heteroatoms. The normalized spacial score (nSPS) is 10.1. The van der Waals surface area contributed by atoms with E-state index in [1.807, 2.05) is 5.43 Å². The molecule has 0 aliphatic carbocycles. The van der Waals surface area contributed by atoms with Crippen molar-refractivity contribution >= 4 is 28.1 Å². The molecule has 0 saturated carbocycles. The number of carbonyl (C=O) groups excluding carboxylic acids is 2. The standard InChI is InChI=1S/C7H6O4S.C6H9N5O/c8-5-6-3-1-2-4-7(6)12(9,10)11;7-10-5-2-1-4(3-9-5)6(12)11-8/h1-5H,(H,9,10,11);1-3H,7-8H2,(H,9,10)(H,11,12). The molecule has 0 spiro atoms. The lowest BCUT2D eigenvalue weighted by Crippen LogP contribution is -2.30. The highest BCUT2D eigenvalue weighted by Gasteiger charge is 2.13. The number of hydrazine groups is 2. The fourth-order valence-electron chi connectivity index (χ4n) is 1.51. The number of anilines is 1. The van der Waals surface area contributed by atoms with E-state index in [0.29, 0.717) is 17.7 Å². The zero-order chi connectivity index (χ0) is 18.2. The molecule has 2 rings (SSSR count). The third-order valence-electron chi connectivity index (χ3n) is 2.63. The molecule has 128 valence electrons. The summed E-state index contributed by atoms with van der Waals surface area (Å²) in [5.74, 6) is 10.1. The fraction of sp³-hybridized carbons (Fsp3) is 0. The van der Waals surface area contributed by atoms with Crippen LogP contribution >= 0.6 is 0 Å². The zero-order valence-electron chi connectivity index (χ0n) is 12.2. The summed E-state index contributed by atoms with van der Waals surface area (Å²) in [4.78, 5) is 24.6. The van der Waals surface area contributed by atoms with Crippen molar-refractivity contribution in [2.24, 2.45) is 11.7 Å². The van der Waals surface area contributed by atoms with Gasteiger partial charge in [0.15, 0.2) is 6.29 Å². The highest BCUT2D eigenvalue weighted by atomic mass is 32.2. The predicted octanol–water partition coefficient (Wildman–Crippen LogP) is -0.283. The van der Waals surface area contributed by atoms with E-state index in [1.54, 1.807) is 12.1 Å². The number of amides is 1. The van der Waals surface area contributed by atoms with Gasteiger partial charge in [0, 0.05) is 11.8 Å². The van der Waals surface area contributed by atoms with Crippen LogP contribution in [0.1, 0.15) is 20.7 Å². The Morgan fingerprint density at radius 1 is 1.17 bits per heavy atom. The van der Waals surface area contributed by atoms with E-state index < -0.39 is 10.1 Å². The third-order valence-corrected chi connectivity index (χ3v) is 3.56. The number of nitrogens with zero attached hydrogens (tertiary/aromatic N) is 1. The number of benzene rings is 1. The van der Waals surface area contributed by atoms with E-state index in [0.717, 1.165) is 0 Å². The van der Waals surface area contributed by atoms with E-state index in [4.69, 9.17) is 16.2 Å². The van der Waals surface area contributed by atoms with Gasteiger partial charge < -0.3 is 5.43 Å². The minimum Gasteiger partial charge on any atom is -0.308 e. The number of nitrogens with two attached hydrogens (primary N) is 2. The molecule has 0 radical (unpaired) electrons. The van der Waals surface area contributed by atoms with Crippen LogP contribution in [0.4, 0.5) is 5.82 Å². The van der Waals surface area contributed by atoms with Gasteiger partial charge in [-0.1, -0.05) is 18.2 Å². The third kappa shape index (κ3) is 5.40. The van der Waals surface area contributed by atoms with E-state index in [-0.39, 0.29) is 16.4 Å². The SMILES string of the molecule is NNC(=O)c1ccc(NN)nc1.O=Cc1ccccc1S(=O)(=O)O. The highest BCUT2D eigenvalue weighted by molar-refractivity contribution is 7.86. The Hall–Kier alpha value is -2.86. The molecular weight excluding hydrogens is 338 g/mol. The Bertz CT molecular complexity index is 808. The first-order valence-electron chi connectivity index (χ1n) is 6.28. The first kappa shape index (κ1) is 19.2. The van der Waals surface area contributed by atoms with Gasteiger partial charge in [-0.2, -0.15) is 8.42 Å². The summed E-state index contributed by atoms with van der Waals surface area (Å²) < 4.78 is 29.8. The summed E-state index contributed by atoms with van der Waals surface area (Å²) in [7, 11) is -4.28. The molecule has 0 fully saturated rings. The van der Waals surface area contributed by atoms with Gasteiger partial charge in [-0.25, -0.2) is 16.7 Å². The number of pyridine rings is 1. The van der Waals surface area contributed by atoms with Crippen LogP contribution < -0.4 is 22.5 Å². The zero-order valence-corrected chi connectivity index (χ0v) is 13.0. The minimum atomic E-state index is -4.28. The molecule has 7 N–H and O–H groups in total. The Balaban J connectivity index is 0.000000240. The lowest BCUT2D eigenvalue weighted by molar-refractivity contribution is 0.0953. The Kier molecular flexibility index (Phi) is 6.95. The number of nitrogen functional groups attached to an aromatic ring is 2. The van der Waals surface area contributed by atoms with Gasteiger partial charge in [0.05, 0.1) is 5.56 Å². The molecule has 0 unspecified atom stereocenters. The summed E-state index contributed by atoms with van der Waals surface area (Å²) in [6.07, 6.45) is 1.75. The van der Waals surface area contributed by atoms with Crippen molar-refractivity contribution in [3.05, 3.63) is 53.7 Å². The minimum absolute atomic E-state index is 0.0417. The fourth-order valence-corrected chi connectivity index (χ4v) is 2.17. The van der Waals surface area contributed by atoms with Gasteiger partial charge in [-0.15, -0.1) is 0 Å². The van der Waals surface area contributed by atoms with Crippen molar-refractivity contribution in [3.63, 3.8) is 0 Å². The second-order valence-electron chi connectivity index (χ2n) is 4.18. The van der Waals surface area contributed by atoms with Crippen LogP contribution in [0.3, 0.4) is 0 Å². The molecule has 0 bridgehead atoms. The van der Waals surface area contributed by atoms with Crippen LogP contribution in [-0.4, -0.2) is 30.1 Å². The average Bonchev–Trinajstić information content (AvgIpc) is 2.61. The number of rotatable bonds is 4. The lowest BCUT2D eigenvalue weighted by Gasteiger charge is -2.00. The van der Waals surface area contributed by atoms with Gasteiger partial charge >= 0.3 is 0 Å². The summed E-state index contributed by atoms with van der Waals surface area (Å²) >= 11 is 0. The predicted molar refractivity (Wildman–Crippen MR) is 85.3 cm³/mol. The van der Waals surface area contributed by atoms with Gasteiger partial charge in [0.2, 0.25) is 0 Å². The first-order valence-corrected chi connectivity index (χ1v) is 7.72. The molecule has 2 aromatic rings. The molecule has 0 aliphatic rings. The van der Waals surface area contributed by atoms with E-state index in [9.17, 15) is 18.0 Å². The maximum absolute atomic E-state index is 10.9. The van der Waals surface area contributed by atoms with Crippen molar-refractivity contribution in [2.75, 3.05) is 5.43 Å². The largest absolute Gasteiger partial charge is 0.308 e. The van der Waals surface area contributed by atoms with Crippen molar-refractivity contribution < 1.29 is 22.6 Å².